The number of carbonyl (C=O) groups excluding carboxylic acids is 1. The topological polar surface area (TPSA) is 227 Å². The molecule has 4 rings (SSSR count). The highest BCUT2D eigenvalue weighted by Gasteiger charge is 2.45. The fourth-order valence-corrected chi connectivity index (χ4v) is 3.81. The zero-order chi connectivity index (χ0) is 24.9. The quantitative estimate of drug-likeness (QED) is 0.223. The van der Waals surface area contributed by atoms with Crippen LogP contribution in [0.1, 0.15) is 22.0 Å². The van der Waals surface area contributed by atoms with Crippen molar-refractivity contribution in [2.75, 3.05) is 6.61 Å². The van der Waals surface area contributed by atoms with E-state index in [1.165, 1.54) is 0 Å². The van der Waals surface area contributed by atoms with E-state index in [-0.39, 0.29) is 17.1 Å². The van der Waals surface area contributed by atoms with E-state index in [0.717, 1.165) is 24.3 Å². The molecule has 2 aromatic carbocycles. The van der Waals surface area contributed by atoms with E-state index in [0.29, 0.717) is 0 Å². The molecule has 2 aromatic rings. The van der Waals surface area contributed by atoms with Crippen LogP contribution >= 0.6 is 0 Å². The normalized spacial score (nSPS) is 31.0. The standard InChI is InChI=1S/C21H22O13/c22-5-12-15(27)17(29)19(31)21(34-12)32-7-3-8(23)13-11(4-7)33-20(18(30)16(13)28)6-1-9(24)14(26)10(25)2-6/h1-4,12,15,17-27,29-31H,5H2/t12-,15-,17+,18-,19-,20-,21-/m1/s1. The smallest absolute Gasteiger partial charge is 0.229 e. The van der Waals surface area contributed by atoms with Gasteiger partial charge < -0.3 is 60.2 Å². The van der Waals surface area contributed by atoms with Crippen molar-refractivity contribution in [1.82, 2.24) is 0 Å². The summed E-state index contributed by atoms with van der Waals surface area (Å²) in [6.07, 6.45) is -11.2. The Morgan fingerprint density at radius 1 is 0.853 bits per heavy atom. The van der Waals surface area contributed by atoms with Crippen molar-refractivity contribution in [3.63, 3.8) is 0 Å². The summed E-state index contributed by atoms with van der Waals surface area (Å²) in [7, 11) is 0. The van der Waals surface area contributed by atoms with Gasteiger partial charge in [-0.05, 0) is 12.1 Å². The molecule has 13 nitrogen and oxygen atoms in total. The van der Waals surface area contributed by atoms with Crippen LogP contribution in [0.15, 0.2) is 24.3 Å². The number of hydrogen-bond donors (Lipinski definition) is 9. The van der Waals surface area contributed by atoms with Gasteiger partial charge in [0, 0.05) is 17.7 Å². The maximum absolute atomic E-state index is 12.7. The van der Waals surface area contributed by atoms with Crippen LogP contribution in [-0.2, 0) is 4.74 Å². The van der Waals surface area contributed by atoms with Crippen LogP contribution in [0.5, 0.6) is 34.5 Å². The van der Waals surface area contributed by atoms with E-state index >= 15 is 0 Å². The van der Waals surface area contributed by atoms with E-state index in [1.807, 2.05) is 0 Å². The molecule has 0 aromatic heterocycles. The lowest BCUT2D eigenvalue weighted by atomic mass is 9.92. The summed E-state index contributed by atoms with van der Waals surface area (Å²) in [5.74, 6) is -4.36. The van der Waals surface area contributed by atoms with Crippen molar-refractivity contribution in [2.45, 2.75) is 42.9 Å². The SMILES string of the molecule is O=C1c2c(O)cc(O[C@@H]3O[C@H](CO)[C@@H](O)[C@H](O)[C@H]3O)cc2O[C@H](c2cc(O)c(O)c(O)c2)[C@@H]1O. The first-order valence-corrected chi connectivity index (χ1v) is 10.0. The van der Waals surface area contributed by atoms with Crippen LogP contribution < -0.4 is 9.47 Å². The maximum Gasteiger partial charge on any atom is 0.229 e. The minimum absolute atomic E-state index is 0.0703. The molecule has 1 saturated heterocycles. The summed E-state index contributed by atoms with van der Waals surface area (Å²) in [4.78, 5) is 12.7. The third-order valence-corrected chi connectivity index (χ3v) is 5.63. The number of aliphatic hydroxyl groups excluding tert-OH is 5. The number of phenolic OH excluding ortho intramolecular Hbond substituents is 4. The lowest BCUT2D eigenvalue weighted by Crippen LogP contribution is -2.60. The van der Waals surface area contributed by atoms with Gasteiger partial charge in [0.15, 0.2) is 29.5 Å². The van der Waals surface area contributed by atoms with Crippen LogP contribution in [0.3, 0.4) is 0 Å². The number of ketones is 1. The second-order valence-corrected chi connectivity index (χ2v) is 7.89. The third-order valence-electron chi connectivity index (χ3n) is 5.63. The monoisotopic (exact) mass is 482 g/mol. The molecule has 0 aliphatic carbocycles. The van der Waals surface area contributed by atoms with E-state index in [9.17, 15) is 50.8 Å². The summed E-state index contributed by atoms with van der Waals surface area (Å²) < 4.78 is 16.3. The molecule has 2 aliphatic heterocycles. The zero-order valence-electron chi connectivity index (χ0n) is 17.2. The maximum atomic E-state index is 12.7. The predicted octanol–water partition coefficient (Wildman–Crippen LogP) is -1.64. The van der Waals surface area contributed by atoms with Gasteiger partial charge in [0.05, 0.1) is 6.61 Å². The van der Waals surface area contributed by atoms with Crippen LogP contribution in [0.4, 0.5) is 0 Å². The number of fused-ring (bicyclic) bond motifs is 1. The molecule has 13 heteroatoms. The predicted molar refractivity (Wildman–Crippen MR) is 108 cm³/mol. The molecule has 7 atom stereocenters. The molecular weight excluding hydrogens is 460 g/mol. The fraction of sp³-hybridized carbons (Fsp3) is 0.381. The van der Waals surface area contributed by atoms with E-state index in [4.69, 9.17) is 14.2 Å². The number of benzene rings is 2. The van der Waals surface area contributed by atoms with Crippen molar-refractivity contribution >= 4 is 5.78 Å². The molecule has 1 fully saturated rings. The van der Waals surface area contributed by atoms with Gasteiger partial charge in [0.1, 0.15) is 47.2 Å². The Kier molecular flexibility index (Phi) is 6.16. The van der Waals surface area contributed by atoms with Crippen molar-refractivity contribution < 1.29 is 65.0 Å². The van der Waals surface area contributed by atoms with Gasteiger partial charge in [-0.2, -0.15) is 0 Å². The van der Waals surface area contributed by atoms with Crippen molar-refractivity contribution in [1.29, 1.82) is 0 Å². The summed E-state index contributed by atoms with van der Waals surface area (Å²) in [5, 5.41) is 89.0. The number of hydrogen-bond acceptors (Lipinski definition) is 13. The van der Waals surface area contributed by atoms with Crippen LogP contribution in [-0.4, -0.2) is 95.2 Å². The lowest BCUT2D eigenvalue weighted by Gasteiger charge is -2.39. The first-order chi connectivity index (χ1) is 16.0. The van der Waals surface area contributed by atoms with Crippen molar-refractivity contribution in [2.24, 2.45) is 0 Å². The molecule has 9 N–H and O–H groups in total. The minimum atomic E-state index is -1.85. The molecule has 0 radical (unpaired) electrons. The van der Waals surface area contributed by atoms with Gasteiger partial charge in [0.2, 0.25) is 12.1 Å². The number of aromatic hydroxyl groups is 4. The van der Waals surface area contributed by atoms with Crippen molar-refractivity contribution in [3.8, 4) is 34.5 Å². The highest BCUT2D eigenvalue weighted by molar-refractivity contribution is 6.05. The molecule has 0 saturated carbocycles. The fourth-order valence-electron chi connectivity index (χ4n) is 3.81. The lowest BCUT2D eigenvalue weighted by molar-refractivity contribution is -0.277. The third kappa shape index (κ3) is 3.94. The summed E-state index contributed by atoms with van der Waals surface area (Å²) in [6, 6.07) is 4.02. The van der Waals surface area contributed by atoms with Gasteiger partial charge in [0.25, 0.3) is 0 Å². The average molecular weight is 482 g/mol. The van der Waals surface area contributed by atoms with E-state index < -0.39 is 83.9 Å². The molecule has 184 valence electrons. The molecule has 2 aliphatic rings. The molecule has 2 heterocycles. The second kappa shape index (κ2) is 8.79. The van der Waals surface area contributed by atoms with Crippen molar-refractivity contribution in [3.05, 3.63) is 35.4 Å². The van der Waals surface area contributed by atoms with E-state index in [2.05, 4.69) is 0 Å². The molecule has 34 heavy (non-hydrogen) atoms. The van der Waals surface area contributed by atoms with Gasteiger partial charge in [-0.15, -0.1) is 0 Å². The Balaban J connectivity index is 1.66. The van der Waals surface area contributed by atoms with Crippen LogP contribution in [0.25, 0.3) is 0 Å². The Morgan fingerprint density at radius 2 is 1.50 bits per heavy atom. The Labute approximate surface area is 190 Å². The number of rotatable bonds is 4. The molecule has 0 unspecified atom stereocenters. The largest absolute Gasteiger partial charge is 0.507 e. The summed E-state index contributed by atoms with van der Waals surface area (Å²) >= 11 is 0. The molecule has 0 spiro atoms. The Morgan fingerprint density at radius 3 is 2.12 bits per heavy atom. The first-order valence-electron chi connectivity index (χ1n) is 10.0. The van der Waals surface area contributed by atoms with Crippen LogP contribution in [0.2, 0.25) is 0 Å². The molecular formula is C21H22O13. The number of ether oxygens (including phenoxy) is 3. The Hall–Kier alpha value is -3.33. The zero-order valence-corrected chi connectivity index (χ0v) is 17.2. The number of Topliss-reactive ketones (excluding diaryl/α,β-unsaturated/α-hetero) is 1. The number of carbonyl (C=O) groups is 1. The molecule has 0 bridgehead atoms. The van der Waals surface area contributed by atoms with Gasteiger partial charge in [-0.25, -0.2) is 0 Å². The first kappa shape index (κ1) is 23.8. The minimum Gasteiger partial charge on any atom is -0.507 e. The molecule has 0 amide bonds. The Bertz CT molecular complexity index is 1080. The second-order valence-electron chi connectivity index (χ2n) is 7.89. The highest BCUT2D eigenvalue weighted by atomic mass is 16.7. The van der Waals surface area contributed by atoms with Crippen LogP contribution in [0, 0.1) is 0 Å². The highest BCUT2D eigenvalue weighted by Crippen LogP contribution is 2.45. The van der Waals surface area contributed by atoms with Gasteiger partial charge in [-0.1, -0.05) is 0 Å². The van der Waals surface area contributed by atoms with Gasteiger partial charge >= 0.3 is 0 Å². The average Bonchev–Trinajstić information content (AvgIpc) is 2.79. The van der Waals surface area contributed by atoms with E-state index in [1.54, 1.807) is 0 Å². The number of aliphatic hydroxyl groups is 5. The number of phenols is 4. The summed E-state index contributed by atoms with van der Waals surface area (Å²) in [5.41, 5.74) is -0.462. The van der Waals surface area contributed by atoms with Gasteiger partial charge in [-0.3, -0.25) is 4.79 Å². The summed E-state index contributed by atoms with van der Waals surface area (Å²) in [6.45, 7) is -0.691.